The largest absolute Gasteiger partial charge is 0.332 e. The highest BCUT2D eigenvalue weighted by atomic mass is 32.7. The van der Waals surface area contributed by atoms with Gasteiger partial charge in [0.05, 0.1) is 18.7 Å². The van der Waals surface area contributed by atoms with Crippen LogP contribution in [-0.4, -0.2) is 41.5 Å². The minimum Gasteiger partial charge on any atom is -0.332 e. The summed E-state index contributed by atoms with van der Waals surface area (Å²) in [6, 6.07) is 0.585. The third kappa shape index (κ3) is 4.95. The Hall–Kier alpha value is -0.100. The highest BCUT2D eigenvalue weighted by molar-refractivity contribution is 8.57. The minimum absolute atomic E-state index is 0.0206. The summed E-state index contributed by atoms with van der Waals surface area (Å²) >= 11 is 3.34. The van der Waals surface area contributed by atoms with Crippen molar-refractivity contribution in [3.63, 3.8) is 0 Å². The van der Waals surface area contributed by atoms with Gasteiger partial charge in [-0.1, -0.05) is 30.8 Å². The highest BCUT2D eigenvalue weighted by Crippen LogP contribution is 2.60. The second-order valence-corrected chi connectivity index (χ2v) is 11.4. The second kappa shape index (κ2) is 8.67. The van der Waals surface area contributed by atoms with Gasteiger partial charge in [0.2, 0.25) is 0 Å². The molecule has 0 aromatic heterocycles. The molecule has 0 aliphatic carbocycles. The molecule has 2 N–H and O–H groups in total. The maximum atomic E-state index is 12.2. The van der Waals surface area contributed by atoms with E-state index in [1.165, 1.54) is 17.2 Å². The van der Waals surface area contributed by atoms with Crippen molar-refractivity contribution in [2.45, 2.75) is 49.9 Å². The van der Waals surface area contributed by atoms with Crippen LogP contribution >= 0.6 is 29.7 Å². The summed E-state index contributed by atoms with van der Waals surface area (Å²) in [5.41, 5.74) is 0. The number of amides is 2. The lowest BCUT2D eigenvalue weighted by atomic mass is 10.0. The van der Waals surface area contributed by atoms with Crippen molar-refractivity contribution in [3.8, 4) is 0 Å². The first-order valence-corrected chi connectivity index (χ1v) is 12.1. The Morgan fingerprint density at radius 2 is 2.27 bits per heavy atom. The van der Waals surface area contributed by atoms with E-state index in [9.17, 15) is 9.36 Å². The van der Waals surface area contributed by atoms with Gasteiger partial charge in [-0.05, 0) is 19.8 Å². The molecule has 2 saturated heterocycles. The molecule has 2 aliphatic rings. The lowest BCUT2D eigenvalue weighted by Crippen LogP contribution is -2.36. The molecule has 8 heteroatoms. The molecule has 126 valence electrons. The molecule has 0 saturated carbocycles. The van der Waals surface area contributed by atoms with E-state index in [4.69, 9.17) is 4.52 Å². The number of thioether (sulfide) groups is 1. The lowest BCUT2D eigenvalue weighted by molar-refractivity contribution is 0.247. The summed E-state index contributed by atoms with van der Waals surface area (Å²) in [7, 11) is 0. The molecule has 22 heavy (non-hydrogen) atoms. The van der Waals surface area contributed by atoms with Crippen LogP contribution < -0.4 is 10.6 Å². The van der Waals surface area contributed by atoms with Crippen molar-refractivity contribution >= 4 is 35.7 Å². The van der Waals surface area contributed by atoms with E-state index >= 15 is 0 Å². The minimum atomic E-state index is -2.67. The average molecular weight is 364 g/mol. The van der Waals surface area contributed by atoms with Crippen molar-refractivity contribution in [1.82, 2.24) is 10.6 Å². The Balaban J connectivity index is 1.57. The van der Waals surface area contributed by atoms with Crippen LogP contribution in [0.5, 0.6) is 0 Å². The number of hydrogen-bond donors (Lipinski definition) is 2. The summed E-state index contributed by atoms with van der Waals surface area (Å²) in [5.74, 6) is 3.30. The fourth-order valence-electron chi connectivity index (χ4n) is 2.78. The molecule has 4 atom stereocenters. The van der Waals surface area contributed by atoms with Gasteiger partial charge in [0.25, 0.3) is 6.57 Å². The van der Waals surface area contributed by atoms with Crippen molar-refractivity contribution in [2.24, 2.45) is 0 Å². The second-order valence-electron chi connectivity index (χ2n) is 5.44. The van der Waals surface area contributed by atoms with E-state index in [-0.39, 0.29) is 6.03 Å². The zero-order valence-electron chi connectivity index (χ0n) is 13.0. The molecule has 5 nitrogen and oxygen atoms in total. The predicted octanol–water partition coefficient (Wildman–Crippen LogP) is 3.82. The van der Waals surface area contributed by atoms with E-state index in [1.807, 2.05) is 18.7 Å². The Morgan fingerprint density at radius 3 is 3.00 bits per heavy atom. The third-order valence-corrected chi connectivity index (χ3v) is 9.67. The summed E-state index contributed by atoms with van der Waals surface area (Å²) in [5, 5.41) is 6.51. The molecule has 0 spiro atoms. The number of nitrogens with one attached hydrogen (secondary N) is 2. The van der Waals surface area contributed by atoms with Gasteiger partial charge in [0, 0.05) is 22.6 Å². The smallest absolute Gasteiger partial charge is 0.315 e. The van der Waals surface area contributed by atoms with Crippen LogP contribution in [0.25, 0.3) is 0 Å². The van der Waals surface area contributed by atoms with Crippen LogP contribution in [0.3, 0.4) is 0 Å². The first kappa shape index (κ1) is 18.2. The number of urea groups is 1. The van der Waals surface area contributed by atoms with E-state index in [0.717, 1.165) is 37.2 Å². The summed E-state index contributed by atoms with van der Waals surface area (Å²) in [6.45, 7) is 3.24. The number of rotatable bonds is 10. The van der Waals surface area contributed by atoms with E-state index in [2.05, 4.69) is 17.2 Å². The monoisotopic (exact) mass is 364 g/mol. The highest BCUT2D eigenvalue weighted by Gasteiger charge is 2.42. The first-order chi connectivity index (χ1) is 10.6. The standard InChI is InChI=1S/C14H25N2O3PS2/c1-3-19-20(18,4-2)22-9-7-5-6-8-12-13-11(10-21-12)15-14(17)16-13/h4,11-13H,2-3,5-10H2,1H3,(H2,15,16,17)/t11-,12-,13-,20?/m0/s1. The molecule has 2 heterocycles. The molecule has 0 radical (unpaired) electrons. The van der Waals surface area contributed by atoms with Gasteiger partial charge in [-0.3, -0.25) is 4.57 Å². The average Bonchev–Trinajstić information content (AvgIpc) is 3.03. The van der Waals surface area contributed by atoms with Crippen LogP contribution in [0.4, 0.5) is 4.79 Å². The van der Waals surface area contributed by atoms with Crippen molar-refractivity contribution in [2.75, 3.05) is 18.1 Å². The van der Waals surface area contributed by atoms with Crippen LogP contribution in [0.15, 0.2) is 12.4 Å². The number of fused-ring (bicyclic) bond motifs is 1. The molecular formula is C14H25N2O3PS2. The fourth-order valence-corrected chi connectivity index (χ4v) is 7.57. The Morgan fingerprint density at radius 1 is 1.45 bits per heavy atom. The molecule has 0 aromatic carbocycles. The van der Waals surface area contributed by atoms with Crippen molar-refractivity contribution in [1.29, 1.82) is 0 Å². The van der Waals surface area contributed by atoms with Crippen LogP contribution in [0.2, 0.25) is 0 Å². The predicted molar refractivity (Wildman–Crippen MR) is 95.8 cm³/mol. The fraction of sp³-hybridized carbons (Fsp3) is 0.786. The normalized spacial score (nSPS) is 29.5. The van der Waals surface area contributed by atoms with Gasteiger partial charge in [0.15, 0.2) is 0 Å². The van der Waals surface area contributed by atoms with Gasteiger partial charge in [-0.15, -0.1) is 0 Å². The molecule has 0 bridgehead atoms. The Labute approximate surface area is 141 Å². The lowest BCUT2D eigenvalue weighted by Gasteiger charge is -2.16. The number of carbonyl (C=O) groups excluding carboxylic acids is 1. The molecule has 0 aromatic rings. The maximum absolute atomic E-state index is 12.2. The van der Waals surface area contributed by atoms with Gasteiger partial charge < -0.3 is 15.2 Å². The Kier molecular flexibility index (Phi) is 7.19. The zero-order chi connectivity index (χ0) is 16.0. The SMILES string of the molecule is C=CP(=O)(OCC)SCCCCC[C@@H]1SC[C@@H]2NC(=O)N[C@@H]21. The van der Waals surface area contributed by atoms with Crippen LogP contribution in [0, 0.1) is 0 Å². The summed E-state index contributed by atoms with van der Waals surface area (Å²) in [6.07, 6.45) is 4.42. The van der Waals surface area contributed by atoms with Gasteiger partial charge >= 0.3 is 6.03 Å². The Bertz CT molecular complexity index is 450. The number of unbranched alkanes of at least 4 members (excludes halogenated alkanes) is 2. The van der Waals surface area contributed by atoms with Gasteiger partial charge in [-0.2, -0.15) is 11.8 Å². The van der Waals surface area contributed by atoms with E-state index in [0.29, 0.717) is 23.9 Å². The zero-order valence-corrected chi connectivity index (χ0v) is 15.5. The van der Waals surface area contributed by atoms with Gasteiger partial charge in [0.1, 0.15) is 0 Å². The number of carbonyl (C=O) groups is 1. The van der Waals surface area contributed by atoms with E-state index < -0.39 is 6.57 Å². The molecule has 2 amide bonds. The molecule has 2 aliphatic heterocycles. The molecule has 1 unspecified atom stereocenters. The van der Waals surface area contributed by atoms with Crippen LogP contribution in [0.1, 0.15) is 32.6 Å². The van der Waals surface area contributed by atoms with Gasteiger partial charge in [-0.25, -0.2) is 4.79 Å². The number of hydrogen-bond acceptors (Lipinski definition) is 5. The summed E-state index contributed by atoms with van der Waals surface area (Å²) < 4.78 is 17.4. The first-order valence-electron chi connectivity index (χ1n) is 7.79. The van der Waals surface area contributed by atoms with Crippen LogP contribution in [-0.2, 0) is 9.09 Å². The molecule has 2 fully saturated rings. The maximum Gasteiger partial charge on any atom is 0.315 e. The van der Waals surface area contributed by atoms with Crippen molar-refractivity contribution in [3.05, 3.63) is 12.4 Å². The van der Waals surface area contributed by atoms with E-state index in [1.54, 1.807) is 0 Å². The van der Waals surface area contributed by atoms with Crippen molar-refractivity contribution < 1.29 is 13.9 Å². The third-order valence-electron chi connectivity index (χ3n) is 3.88. The molecule has 2 rings (SSSR count). The topological polar surface area (TPSA) is 67.4 Å². The molecular weight excluding hydrogens is 339 g/mol. The quantitative estimate of drug-likeness (QED) is 0.350. The summed E-state index contributed by atoms with van der Waals surface area (Å²) in [4.78, 5) is 11.3.